The maximum absolute atomic E-state index is 9.88. The molecule has 84 valence electrons. The number of pyridine rings is 1. The fourth-order valence-corrected chi connectivity index (χ4v) is 1.95. The van der Waals surface area contributed by atoms with E-state index in [0.29, 0.717) is 12.2 Å². The van der Waals surface area contributed by atoms with Crippen LogP contribution in [0.25, 0.3) is 0 Å². The Morgan fingerprint density at radius 3 is 2.75 bits per heavy atom. The molecule has 0 radical (unpaired) electrons. The van der Waals surface area contributed by atoms with E-state index in [4.69, 9.17) is 5.26 Å². The Bertz CT molecular complexity index is 419. The SMILES string of the molecule is CC1(C)CN(c2ccc(C#N)nc2)C[C@H]1O. The van der Waals surface area contributed by atoms with Gasteiger partial charge in [-0.2, -0.15) is 5.26 Å². The molecule has 0 aliphatic carbocycles. The van der Waals surface area contributed by atoms with Gasteiger partial charge in [0.05, 0.1) is 18.0 Å². The molecule has 1 aliphatic rings. The minimum absolute atomic E-state index is 0.0894. The second-order valence-corrected chi connectivity index (χ2v) is 4.90. The van der Waals surface area contributed by atoms with Gasteiger partial charge < -0.3 is 10.0 Å². The first-order valence-electron chi connectivity index (χ1n) is 5.32. The molecule has 16 heavy (non-hydrogen) atoms. The smallest absolute Gasteiger partial charge is 0.140 e. The average molecular weight is 217 g/mol. The van der Waals surface area contributed by atoms with Crippen molar-refractivity contribution < 1.29 is 5.11 Å². The van der Waals surface area contributed by atoms with Gasteiger partial charge in [-0.25, -0.2) is 4.98 Å². The summed E-state index contributed by atoms with van der Waals surface area (Å²) in [5.74, 6) is 0. The number of aliphatic hydroxyl groups excluding tert-OH is 1. The molecule has 2 rings (SSSR count). The predicted molar refractivity (Wildman–Crippen MR) is 61.0 cm³/mol. The van der Waals surface area contributed by atoms with Crippen LogP contribution >= 0.6 is 0 Å². The summed E-state index contributed by atoms with van der Waals surface area (Å²) in [6.45, 7) is 5.53. The minimum atomic E-state index is -0.317. The third kappa shape index (κ3) is 1.86. The first kappa shape index (κ1) is 10.9. The van der Waals surface area contributed by atoms with Gasteiger partial charge >= 0.3 is 0 Å². The van der Waals surface area contributed by atoms with Gasteiger partial charge in [-0.3, -0.25) is 0 Å². The van der Waals surface area contributed by atoms with Crippen molar-refractivity contribution in [3.63, 3.8) is 0 Å². The second-order valence-electron chi connectivity index (χ2n) is 4.90. The van der Waals surface area contributed by atoms with Gasteiger partial charge in [0.1, 0.15) is 11.8 Å². The van der Waals surface area contributed by atoms with Crippen LogP contribution in [0.4, 0.5) is 5.69 Å². The molecule has 4 nitrogen and oxygen atoms in total. The molecule has 1 N–H and O–H groups in total. The summed E-state index contributed by atoms with van der Waals surface area (Å²) in [6.07, 6.45) is 1.37. The Balaban J connectivity index is 2.18. The van der Waals surface area contributed by atoms with E-state index in [1.165, 1.54) is 0 Å². The molecule has 0 bridgehead atoms. The van der Waals surface area contributed by atoms with E-state index >= 15 is 0 Å². The summed E-state index contributed by atoms with van der Waals surface area (Å²) in [7, 11) is 0. The average Bonchev–Trinajstić information content (AvgIpc) is 2.54. The Hall–Kier alpha value is -1.60. The fourth-order valence-electron chi connectivity index (χ4n) is 1.95. The summed E-state index contributed by atoms with van der Waals surface area (Å²) in [5, 5.41) is 18.5. The first-order valence-corrected chi connectivity index (χ1v) is 5.32. The van der Waals surface area contributed by atoms with Crippen LogP contribution < -0.4 is 4.90 Å². The molecule has 0 aromatic carbocycles. The first-order chi connectivity index (χ1) is 7.53. The number of hydrogen-bond acceptors (Lipinski definition) is 4. The largest absolute Gasteiger partial charge is 0.391 e. The van der Waals surface area contributed by atoms with Gasteiger partial charge in [-0.05, 0) is 12.1 Å². The number of nitrogens with zero attached hydrogens (tertiary/aromatic N) is 3. The predicted octanol–water partition coefficient (Wildman–Crippen LogP) is 1.16. The summed E-state index contributed by atoms with van der Waals surface area (Å²) in [5.41, 5.74) is 1.29. The van der Waals surface area contributed by atoms with Crippen molar-refractivity contribution >= 4 is 5.69 Å². The highest BCUT2D eigenvalue weighted by atomic mass is 16.3. The number of aromatic nitrogens is 1. The van der Waals surface area contributed by atoms with Crippen molar-refractivity contribution in [2.45, 2.75) is 20.0 Å². The normalized spacial score (nSPS) is 23.1. The number of rotatable bonds is 1. The number of hydrogen-bond donors (Lipinski definition) is 1. The summed E-state index contributed by atoms with van der Waals surface area (Å²) < 4.78 is 0. The molecule has 1 aliphatic heterocycles. The molecule has 0 spiro atoms. The lowest BCUT2D eigenvalue weighted by Crippen LogP contribution is -2.26. The number of aliphatic hydroxyl groups is 1. The van der Waals surface area contributed by atoms with Crippen LogP contribution in [0.2, 0.25) is 0 Å². The van der Waals surface area contributed by atoms with Crippen LogP contribution in [-0.2, 0) is 0 Å². The van der Waals surface area contributed by atoms with E-state index in [2.05, 4.69) is 23.7 Å². The minimum Gasteiger partial charge on any atom is -0.391 e. The highest BCUT2D eigenvalue weighted by molar-refractivity contribution is 5.47. The van der Waals surface area contributed by atoms with Gasteiger partial charge in [0, 0.05) is 18.5 Å². The second kappa shape index (κ2) is 3.76. The van der Waals surface area contributed by atoms with Crippen molar-refractivity contribution in [3.05, 3.63) is 24.0 Å². The van der Waals surface area contributed by atoms with Crippen LogP contribution in [0.1, 0.15) is 19.5 Å². The van der Waals surface area contributed by atoms with Gasteiger partial charge in [0.2, 0.25) is 0 Å². The van der Waals surface area contributed by atoms with Gasteiger partial charge in [-0.15, -0.1) is 0 Å². The Labute approximate surface area is 95.1 Å². The molecule has 1 atom stereocenters. The lowest BCUT2D eigenvalue weighted by atomic mass is 9.90. The topological polar surface area (TPSA) is 60.2 Å². The number of nitriles is 1. The van der Waals surface area contributed by atoms with Crippen LogP contribution in [0, 0.1) is 16.7 Å². The van der Waals surface area contributed by atoms with Crippen molar-refractivity contribution in [2.24, 2.45) is 5.41 Å². The monoisotopic (exact) mass is 217 g/mol. The maximum atomic E-state index is 9.88. The molecule has 1 saturated heterocycles. The van der Waals surface area contributed by atoms with E-state index in [1.807, 2.05) is 12.1 Å². The van der Waals surface area contributed by atoms with Gasteiger partial charge in [0.15, 0.2) is 0 Å². The standard InChI is InChI=1S/C12H15N3O/c1-12(2)8-15(7-11(12)16)10-4-3-9(5-13)14-6-10/h3-4,6,11,16H,7-8H2,1-2H3/t11-/m1/s1. The highest BCUT2D eigenvalue weighted by Gasteiger charge is 2.38. The molecular formula is C12H15N3O. The fraction of sp³-hybridized carbons (Fsp3) is 0.500. The molecule has 0 saturated carbocycles. The van der Waals surface area contributed by atoms with E-state index in [9.17, 15) is 5.11 Å². The lowest BCUT2D eigenvalue weighted by molar-refractivity contribution is 0.0964. The zero-order valence-electron chi connectivity index (χ0n) is 9.51. The van der Waals surface area contributed by atoms with Gasteiger partial charge in [-0.1, -0.05) is 13.8 Å². The third-order valence-electron chi connectivity index (χ3n) is 3.12. The van der Waals surface area contributed by atoms with Crippen LogP contribution in [-0.4, -0.2) is 29.3 Å². The van der Waals surface area contributed by atoms with Crippen LogP contribution in [0.15, 0.2) is 18.3 Å². The highest BCUT2D eigenvalue weighted by Crippen LogP contribution is 2.32. The maximum Gasteiger partial charge on any atom is 0.140 e. The number of anilines is 1. The Morgan fingerprint density at radius 2 is 2.31 bits per heavy atom. The zero-order valence-corrected chi connectivity index (χ0v) is 9.51. The van der Waals surface area contributed by atoms with Crippen LogP contribution in [0.3, 0.4) is 0 Å². The number of β-amino-alcohol motifs (C(OH)–C–C–N with tert-alkyl or cyclic N) is 1. The van der Waals surface area contributed by atoms with Gasteiger partial charge in [0.25, 0.3) is 0 Å². The summed E-state index contributed by atoms with van der Waals surface area (Å²) in [4.78, 5) is 6.13. The summed E-state index contributed by atoms with van der Waals surface area (Å²) in [6, 6.07) is 5.57. The van der Waals surface area contributed by atoms with E-state index < -0.39 is 0 Å². The lowest BCUT2D eigenvalue weighted by Gasteiger charge is -2.21. The quantitative estimate of drug-likeness (QED) is 0.766. The molecule has 1 aromatic rings. The van der Waals surface area contributed by atoms with E-state index in [1.54, 1.807) is 12.3 Å². The van der Waals surface area contributed by atoms with Crippen molar-refractivity contribution in [3.8, 4) is 6.07 Å². The zero-order chi connectivity index (χ0) is 11.8. The summed E-state index contributed by atoms with van der Waals surface area (Å²) >= 11 is 0. The molecule has 0 unspecified atom stereocenters. The third-order valence-corrected chi connectivity index (χ3v) is 3.12. The Morgan fingerprint density at radius 1 is 1.56 bits per heavy atom. The molecule has 0 amide bonds. The van der Waals surface area contributed by atoms with E-state index in [0.717, 1.165) is 12.2 Å². The van der Waals surface area contributed by atoms with Crippen LogP contribution in [0.5, 0.6) is 0 Å². The molecule has 1 fully saturated rings. The molecular weight excluding hydrogens is 202 g/mol. The molecule has 1 aromatic heterocycles. The van der Waals surface area contributed by atoms with Crippen molar-refractivity contribution in [1.82, 2.24) is 4.98 Å². The van der Waals surface area contributed by atoms with Crippen molar-refractivity contribution in [2.75, 3.05) is 18.0 Å². The Kier molecular flexibility index (Phi) is 2.56. The van der Waals surface area contributed by atoms with E-state index in [-0.39, 0.29) is 11.5 Å². The van der Waals surface area contributed by atoms with Crippen molar-refractivity contribution in [1.29, 1.82) is 5.26 Å². The molecule has 4 heteroatoms. The molecule has 2 heterocycles.